The minimum absolute atomic E-state index is 0.274. The zero-order valence-corrected chi connectivity index (χ0v) is 5.57. The van der Waals surface area contributed by atoms with E-state index in [9.17, 15) is 4.39 Å². The molecule has 0 bridgehead atoms. The number of rotatable bonds is 0. The highest BCUT2D eigenvalue weighted by Gasteiger charge is 1.88. The van der Waals surface area contributed by atoms with Gasteiger partial charge in [-0.25, -0.2) is 0 Å². The molecule has 0 fully saturated rings. The van der Waals surface area contributed by atoms with Gasteiger partial charge in [-0.1, -0.05) is 0 Å². The van der Waals surface area contributed by atoms with Gasteiger partial charge in [0, 0.05) is 15.8 Å². The predicted octanol–water partition coefficient (Wildman–Crippen LogP) is 1.76. The van der Waals surface area contributed by atoms with Crippen LogP contribution in [0.15, 0.2) is 12.3 Å². The van der Waals surface area contributed by atoms with E-state index in [2.05, 4.69) is 4.98 Å². The molecule has 0 atom stereocenters. The molecular weight excluding hydrogens is 208 g/mol. The fourth-order valence-electron chi connectivity index (χ4n) is 0.342. The number of halogens is 2. The normalized spacial score (nSPS) is 9.43. The van der Waals surface area contributed by atoms with Crippen molar-refractivity contribution in [2.24, 2.45) is 0 Å². The molecule has 0 aromatic carbocycles. The van der Waals surface area contributed by atoms with Gasteiger partial charge >= 0.3 is 0 Å². The third-order valence-electron chi connectivity index (χ3n) is 0.613. The third-order valence-corrected chi connectivity index (χ3v) is 1.24. The first kappa shape index (κ1) is 5.08. The van der Waals surface area contributed by atoms with Crippen LogP contribution in [0.25, 0.3) is 0 Å². The lowest BCUT2D eigenvalue weighted by molar-refractivity contribution is 0.591. The van der Waals surface area contributed by atoms with Crippen LogP contribution in [0.1, 0.15) is 0 Å². The van der Waals surface area contributed by atoms with Crippen LogP contribution in [0, 0.1) is 9.52 Å². The number of hydrogen-bond donors (Lipinski definition) is 1. The third kappa shape index (κ3) is 1.15. The molecule has 1 nitrogen and oxygen atoms in total. The molecule has 0 unspecified atom stereocenters. The standard InChI is InChI=1S/C4H3FIN/c5-4-1-3(6)2-7-4/h1-2,7H. The summed E-state index contributed by atoms with van der Waals surface area (Å²) in [6.07, 6.45) is 1.61. The number of nitrogens with one attached hydrogen (secondary N) is 1. The SMILES string of the molecule is Fc1cc(I)c[nH]1. The molecule has 1 aromatic heterocycles. The molecule has 1 N–H and O–H groups in total. The molecule has 3 heteroatoms. The highest BCUT2D eigenvalue weighted by molar-refractivity contribution is 14.1. The Morgan fingerprint density at radius 3 is 2.57 bits per heavy atom. The maximum Gasteiger partial charge on any atom is 0.192 e. The Labute approximate surface area is 54.1 Å². The molecule has 1 aromatic rings. The lowest BCUT2D eigenvalue weighted by Gasteiger charge is -1.65. The maximum atomic E-state index is 11.9. The lowest BCUT2D eigenvalue weighted by Crippen LogP contribution is -1.61. The highest BCUT2D eigenvalue weighted by atomic mass is 127. The van der Waals surface area contributed by atoms with Crippen molar-refractivity contribution >= 4 is 22.6 Å². The summed E-state index contributed by atoms with van der Waals surface area (Å²) in [7, 11) is 0. The Morgan fingerprint density at radius 1 is 1.71 bits per heavy atom. The maximum absolute atomic E-state index is 11.9. The van der Waals surface area contributed by atoms with Crippen LogP contribution in [0.3, 0.4) is 0 Å². The van der Waals surface area contributed by atoms with Crippen molar-refractivity contribution in [3.8, 4) is 0 Å². The van der Waals surface area contributed by atoms with Crippen LogP contribution in [0.5, 0.6) is 0 Å². The first-order valence-electron chi connectivity index (χ1n) is 1.78. The summed E-state index contributed by atoms with van der Waals surface area (Å²) in [6.45, 7) is 0. The smallest absolute Gasteiger partial charge is 0.192 e. The topological polar surface area (TPSA) is 15.8 Å². The first-order chi connectivity index (χ1) is 3.29. The van der Waals surface area contributed by atoms with Crippen molar-refractivity contribution in [2.45, 2.75) is 0 Å². The second-order valence-electron chi connectivity index (χ2n) is 1.17. The van der Waals surface area contributed by atoms with E-state index in [4.69, 9.17) is 0 Å². The van der Waals surface area contributed by atoms with Gasteiger partial charge in [-0.2, -0.15) is 4.39 Å². The van der Waals surface area contributed by atoms with E-state index in [0.29, 0.717) is 0 Å². The largest absolute Gasteiger partial charge is 0.337 e. The average molecular weight is 211 g/mol. The minimum Gasteiger partial charge on any atom is -0.337 e. The van der Waals surface area contributed by atoms with Crippen molar-refractivity contribution in [3.05, 3.63) is 21.8 Å². The zero-order chi connectivity index (χ0) is 5.28. The van der Waals surface area contributed by atoms with E-state index in [1.165, 1.54) is 6.07 Å². The summed E-state index contributed by atoms with van der Waals surface area (Å²) < 4.78 is 12.8. The molecule has 1 heterocycles. The molecule has 0 saturated heterocycles. The van der Waals surface area contributed by atoms with Gasteiger partial charge in [-0.15, -0.1) is 0 Å². The molecule has 0 saturated carbocycles. The van der Waals surface area contributed by atoms with E-state index in [1.807, 2.05) is 22.6 Å². The molecule has 0 spiro atoms. The van der Waals surface area contributed by atoms with Crippen molar-refractivity contribution in [2.75, 3.05) is 0 Å². The van der Waals surface area contributed by atoms with Crippen molar-refractivity contribution in [1.29, 1.82) is 0 Å². The van der Waals surface area contributed by atoms with E-state index >= 15 is 0 Å². The first-order valence-corrected chi connectivity index (χ1v) is 2.86. The number of H-pyrrole nitrogens is 1. The van der Waals surface area contributed by atoms with Gasteiger partial charge in [0.15, 0.2) is 5.95 Å². The second kappa shape index (κ2) is 1.81. The fraction of sp³-hybridized carbons (Fsp3) is 0. The Bertz CT molecular complexity index is 144. The van der Waals surface area contributed by atoms with Crippen LogP contribution in [-0.4, -0.2) is 4.98 Å². The highest BCUT2D eigenvalue weighted by Crippen LogP contribution is 2.03. The molecule has 0 radical (unpaired) electrons. The summed E-state index contributed by atoms with van der Waals surface area (Å²) in [5, 5.41) is 0. The second-order valence-corrected chi connectivity index (χ2v) is 2.41. The molecular formula is C4H3FIN. The predicted molar refractivity (Wildman–Crippen MR) is 33.5 cm³/mol. The molecule has 38 valence electrons. The summed E-state index contributed by atoms with van der Waals surface area (Å²) >= 11 is 2.03. The minimum atomic E-state index is -0.274. The van der Waals surface area contributed by atoms with Gasteiger partial charge in [0.25, 0.3) is 0 Å². The molecule has 0 aliphatic carbocycles. The van der Waals surface area contributed by atoms with Crippen LogP contribution in [-0.2, 0) is 0 Å². The molecule has 1 rings (SSSR count). The number of hydrogen-bond acceptors (Lipinski definition) is 0. The molecule has 7 heavy (non-hydrogen) atoms. The van der Waals surface area contributed by atoms with E-state index in [-0.39, 0.29) is 5.95 Å². The fourth-order valence-corrected chi connectivity index (χ4v) is 0.771. The van der Waals surface area contributed by atoms with Crippen LogP contribution < -0.4 is 0 Å². The molecule has 0 amide bonds. The van der Waals surface area contributed by atoms with Gasteiger partial charge in [-0.3, -0.25) is 0 Å². The molecule has 0 aliphatic rings. The average Bonchev–Trinajstić information content (AvgIpc) is 1.87. The Morgan fingerprint density at radius 2 is 2.43 bits per heavy atom. The summed E-state index contributed by atoms with van der Waals surface area (Å²) in [5.41, 5.74) is 0. The Kier molecular flexibility index (Phi) is 1.32. The van der Waals surface area contributed by atoms with Crippen molar-refractivity contribution in [1.82, 2.24) is 4.98 Å². The summed E-state index contributed by atoms with van der Waals surface area (Å²) in [6, 6.07) is 1.43. The van der Waals surface area contributed by atoms with Crippen LogP contribution in [0.4, 0.5) is 4.39 Å². The van der Waals surface area contributed by atoms with E-state index < -0.39 is 0 Å². The van der Waals surface area contributed by atoms with Gasteiger partial charge in [0.1, 0.15) is 0 Å². The number of aromatic amines is 1. The van der Waals surface area contributed by atoms with Crippen LogP contribution in [0.2, 0.25) is 0 Å². The van der Waals surface area contributed by atoms with E-state index in [1.54, 1.807) is 6.20 Å². The quantitative estimate of drug-likeness (QED) is 0.629. The summed E-state index contributed by atoms with van der Waals surface area (Å²) in [5.74, 6) is -0.274. The monoisotopic (exact) mass is 211 g/mol. The van der Waals surface area contributed by atoms with Gasteiger partial charge in [0.2, 0.25) is 0 Å². The van der Waals surface area contributed by atoms with Crippen molar-refractivity contribution < 1.29 is 4.39 Å². The van der Waals surface area contributed by atoms with Gasteiger partial charge < -0.3 is 4.98 Å². The van der Waals surface area contributed by atoms with Crippen molar-refractivity contribution in [3.63, 3.8) is 0 Å². The Hall–Kier alpha value is -0.0600. The molecule has 0 aliphatic heterocycles. The van der Waals surface area contributed by atoms with Crippen LogP contribution >= 0.6 is 22.6 Å². The summed E-state index contributed by atoms with van der Waals surface area (Å²) in [4.78, 5) is 2.39. The van der Waals surface area contributed by atoms with E-state index in [0.717, 1.165) is 3.57 Å². The Balaban J connectivity index is 3.04. The van der Waals surface area contributed by atoms with Gasteiger partial charge in [-0.05, 0) is 22.6 Å². The van der Waals surface area contributed by atoms with Gasteiger partial charge in [0.05, 0.1) is 0 Å². The number of aromatic nitrogens is 1. The lowest BCUT2D eigenvalue weighted by atomic mass is 10.7. The zero-order valence-electron chi connectivity index (χ0n) is 3.41.